The van der Waals surface area contributed by atoms with E-state index in [-0.39, 0.29) is 18.4 Å². The van der Waals surface area contributed by atoms with Gasteiger partial charge in [0, 0.05) is 16.6 Å². The summed E-state index contributed by atoms with van der Waals surface area (Å²) < 4.78 is 6.46. The van der Waals surface area contributed by atoms with Gasteiger partial charge in [0.05, 0.1) is 5.60 Å². The third-order valence-electron chi connectivity index (χ3n) is 3.98. The Balaban J connectivity index is 2.04. The molecule has 0 aliphatic carbocycles. The molecule has 20 heavy (non-hydrogen) atoms. The van der Waals surface area contributed by atoms with Crippen molar-refractivity contribution in [2.75, 3.05) is 13.2 Å². The van der Waals surface area contributed by atoms with Crippen LogP contribution < -0.4 is 10.1 Å². The predicted octanol–water partition coefficient (Wildman–Crippen LogP) is 2.59. The second-order valence-corrected chi connectivity index (χ2v) is 6.11. The van der Waals surface area contributed by atoms with E-state index >= 15 is 0 Å². The van der Waals surface area contributed by atoms with Gasteiger partial charge in [0.1, 0.15) is 18.3 Å². The Kier molecular flexibility index (Phi) is 4.70. The maximum atomic E-state index is 12.3. The Morgan fingerprint density at radius 1 is 1.50 bits per heavy atom. The summed E-state index contributed by atoms with van der Waals surface area (Å²) in [5.74, 6) is 0.359. The summed E-state index contributed by atoms with van der Waals surface area (Å²) in [5, 5.41) is 13.0. The lowest BCUT2D eigenvalue weighted by atomic mass is 9.96. The average molecular weight is 342 g/mol. The lowest BCUT2D eigenvalue weighted by Crippen LogP contribution is -2.43. The molecule has 0 saturated heterocycles. The number of carbonyl (C=O) groups is 1. The van der Waals surface area contributed by atoms with Gasteiger partial charge in [0.15, 0.2) is 0 Å². The van der Waals surface area contributed by atoms with Gasteiger partial charge >= 0.3 is 0 Å². The molecule has 1 aliphatic heterocycles. The fraction of sp³-hybridized carbons (Fsp3) is 0.533. The number of ether oxygens (including phenoxy) is 1. The van der Waals surface area contributed by atoms with Crippen LogP contribution >= 0.6 is 15.9 Å². The van der Waals surface area contributed by atoms with Crippen LogP contribution in [0.25, 0.3) is 0 Å². The lowest BCUT2D eigenvalue weighted by Gasteiger charge is -2.26. The number of nitrogens with one attached hydrogen (secondary N) is 1. The topological polar surface area (TPSA) is 58.6 Å². The number of rotatable bonds is 5. The summed E-state index contributed by atoms with van der Waals surface area (Å²) in [7, 11) is 0. The first-order chi connectivity index (χ1) is 9.49. The van der Waals surface area contributed by atoms with Gasteiger partial charge in [-0.1, -0.05) is 29.8 Å². The monoisotopic (exact) mass is 341 g/mol. The van der Waals surface area contributed by atoms with E-state index in [1.165, 1.54) is 0 Å². The molecule has 1 aliphatic rings. The van der Waals surface area contributed by atoms with Crippen LogP contribution in [-0.2, 0) is 4.79 Å². The minimum Gasteiger partial charge on any atom is -0.492 e. The molecular formula is C15H20BrNO3. The third kappa shape index (κ3) is 3.15. The van der Waals surface area contributed by atoms with E-state index < -0.39 is 5.60 Å². The Morgan fingerprint density at radius 2 is 2.20 bits per heavy atom. The summed E-state index contributed by atoms with van der Waals surface area (Å²) in [6.07, 6.45) is 1.24. The molecule has 5 heteroatoms. The summed E-state index contributed by atoms with van der Waals surface area (Å²) >= 11 is 3.41. The Labute approximate surface area is 127 Å². The molecule has 1 heterocycles. The number of amides is 1. The van der Waals surface area contributed by atoms with E-state index in [1.54, 1.807) is 0 Å². The summed E-state index contributed by atoms with van der Waals surface area (Å²) in [6, 6.07) is 5.67. The molecule has 1 atom stereocenters. The fourth-order valence-corrected chi connectivity index (χ4v) is 2.66. The van der Waals surface area contributed by atoms with Gasteiger partial charge in [-0.05, 0) is 31.0 Å². The molecular weight excluding hydrogens is 322 g/mol. The Hall–Kier alpha value is -1.07. The Morgan fingerprint density at radius 3 is 2.85 bits per heavy atom. The van der Waals surface area contributed by atoms with Crippen molar-refractivity contribution in [1.82, 2.24) is 5.32 Å². The molecule has 0 saturated carbocycles. The van der Waals surface area contributed by atoms with Crippen LogP contribution in [0.2, 0.25) is 0 Å². The minimum atomic E-state index is -0.824. The first-order valence-electron chi connectivity index (χ1n) is 6.91. The SMILES string of the molecule is CCC(O)(CC)CNC(=O)C1COc2ccc(Br)cc21. The van der Waals surface area contributed by atoms with Gasteiger partial charge in [0.2, 0.25) is 5.91 Å². The van der Waals surface area contributed by atoms with E-state index in [4.69, 9.17) is 4.74 Å². The van der Waals surface area contributed by atoms with Crippen LogP contribution in [0.15, 0.2) is 22.7 Å². The van der Waals surface area contributed by atoms with Crippen molar-refractivity contribution in [2.45, 2.75) is 38.2 Å². The molecule has 0 spiro atoms. The Bertz CT molecular complexity index is 500. The first kappa shape index (κ1) is 15.3. The van der Waals surface area contributed by atoms with Gasteiger partial charge in [-0.2, -0.15) is 0 Å². The van der Waals surface area contributed by atoms with E-state index in [0.29, 0.717) is 19.4 Å². The van der Waals surface area contributed by atoms with E-state index in [0.717, 1.165) is 15.8 Å². The van der Waals surface area contributed by atoms with Crippen molar-refractivity contribution < 1.29 is 14.6 Å². The van der Waals surface area contributed by atoms with Gasteiger partial charge in [-0.15, -0.1) is 0 Å². The smallest absolute Gasteiger partial charge is 0.231 e. The minimum absolute atomic E-state index is 0.0952. The zero-order chi connectivity index (χ0) is 14.8. The van der Waals surface area contributed by atoms with Crippen LogP contribution in [-0.4, -0.2) is 29.8 Å². The third-order valence-corrected chi connectivity index (χ3v) is 4.47. The summed E-state index contributed by atoms with van der Waals surface area (Å²) in [6.45, 7) is 4.47. The van der Waals surface area contributed by atoms with Crippen LogP contribution in [0.4, 0.5) is 0 Å². The van der Waals surface area contributed by atoms with Crippen molar-refractivity contribution in [1.29, 1.82) is 0 Å². The number of hydrogen-bond acceptors (Lipinski definition) is 3. The molecule has 1 amide bonds. The summed E-state index contributed by atoms with van der Waals surface area (Å²) in [5.41, 5.74) is 0.0725. The van der Waals surface area contributed by atoms with Crippen molar-refractivity contribution in [2.24, 2.45) is 0 Å². The molecule has 110 valence electrons. The van der Waals surface area contributed by atoms with Gasteiger partial charge in [0.25, 0.3) is 0 Å². The number of carbonyl (C=O) groups excluding carboxylic acids is 1. The number of halogens is 1. The zero-order valence-corrected chi connectivity index (χ0v) is 13.4. The average Bonchev–Trinajstić information content (AvgIpc) is 2.87. The predicted molar refractivity (Wildman–Crippen MR) is 80.9 cm³/mol. The molecule has 4 nitrogen and oxygen atoms in total. The molecule has 1 unspecified atom stereocenters. The number of hydrogen-bond donors (Lipinski definition) is 2. The highest BCUT2D eigenvalue weighted by atomic mass is 79.9. The standard InChI is InChI=1S/C15H20BrNO3/c1-3-15(19,4-2)9-17-14(18)12-8-20-13-6-5-10(16)7-11(12)13/h5-7,12,19H,3-4,8-9H2,1-2H3,(H,17,18). The second-order valence-electron chi connectivity index (χ2n) is 5.19. The summed E-state index contributed by atoms with van der Waals surface area (Å²) in [4.78, 5) is 12.3. The van der Waals surface area contributed by atoms with Crippen molar-refractivity contribution in [3.05, 3.63) is 28.2 Å². The van der Waals surface area contributed by atoms with Gasteiger partial charge in [-0.3, -0.25) is 4.79 Å². The zero-order valence-electron chi connectivity index (χ0n) is 11.8. The van der Waals surface area contributed by atoms with E-state index in [2.05, 4.69) is 21.2 Å². The van der Waals surface area contributed by atoms with Gasteiger partial charge < -0.3 is 15.2 Å². The molecule has 1 aromatic carbocycles. The second kappa shape index (κ2) is 6.14. The van der Waals surface area contributed by atoms with Gasteiger partial charge in [-0.25, -0.2) is 0 Å². The number of benzene rings is 1. The molecule has 2 N–H and O–H groups in total. The molecule has 2 rings (SSSR count). The molecule has 0 radical (unpaired) electrons. The fourth-order valence-electron chi connectivity index (χ4n) is 2.28. The first-order valence-corrected chi connectivity index (χ1v) is 7.70. The molecule has 0 bridgehead atoms. The van der Waals surface area contributed by atoms with Crippen LogP contribution in [0, 0.1) is 0 Å². The van der Waals surface area contributed by atoms with Crippen LogP contribution in [0.1, 0.15) is 38.2 Å². The van der Waals surface area contributed by atoms with Crippen molar-refractivity contribution >= 4 is 21.8 Å². The quantitative estimate of drug-likeness (QED) is 0.865. The lowest BCUT2D eigenvalue weighted by molar-refractivity contribution is -0.124. The van der Waals surface area contributed by atoms with E-state index in [9.17, 15) is 9.90 Å². The van der Waals surface area contributed by atoms with Crippen LogP contribution in [0.3, 0.4) is 0 Å². The normalized spacial score (nSPS) is 17.5. The van der Waals surface area contributed by atoms with Crippen molar-refractivity contribution in [3.63, 3.8) is 0 Å². The molecule has 0 fully saturated rings. The highest BCUT2D eigenvalue weighted by Gasteiger charge is 2.32. The highest BCUT2D eigenvalue weighted by molar-refractivity contribution is 9.10. The highest BCUT2D eigenvalue weighted by Crippen LogP contribution is 2.35. The number of fused-ring (bicyclic) bond motifs is 1. The van der Waals surface area contributed by atoms with Crippen LogP contribution in [0.5, 0.6) is 5.75 Å². The number of aliphatic hydroxyl groups is 1. The largest absolute Gasteiger partial charge is 0.492 e. The van der Waals surface area contributed by atoms with E-state index in [1.807, 2.05) is 32.0 Å². The molecule has 0 aromatic heterocycles. The maximum Gasteiger partial charge on any atom is 0.231 e. The van der Waals surface area contributed by atoms with Crippen molar-refractivity contribution in [3.8, 4) is 5.75 Å². The molecule has 1 aromatic rings. The maximum absolute atomic E-state index is 12.3.